The van der Waals surface area contributed by atoms with E-state index < -0.39 is 4.92 Å². The summed E-state index contributed by atoms with van der Waals surface area (Å²) in [5.74, 6) is 0.433. The number of benzene rings is 1. The molecule has 3 aromatic heterocycles. The second kappa shape index (κ2) is 5.87. The highest BCUT2D eigenvalue weighted by Crippen LogP contribution is 2.19. The van der Waals surface area contributed by atoms with E-state index in [0.717, 1.165) is 16.9 Å². The Hall–Kier alpha value is -3.46. The summed E-state index contributed by atoms with van der Waals surface area (Å²) in [5, 5.41) is 15.3. The summed E-state index contributed by atoms with van der Waals surface area (Å²) in [5.41, 5.74) is 0.710. The summed E-state index contributed by atoms with van der Waals surface area (Å²) in [6, 6.07) is 9.76. The molecule has 0 aliphatic rings. The van der Waals surface area contributed by atoms with Gasteiger partial charge in [0.1, 0.15) is 0 Å². The Morgan fingerprint density at radius 1 is 1.16 bits per heavy atom. The van der Waals surface area contributed by atoms with Crippen molar-refractivity contribution in [1.82, 2.24) is 19.6 Å². The first-order valence-electron chi connectivity index (χ1n) is 7.18. The van der Waals surface area contributed by atoms with Gasteiger partial charge in [0.15, 0.2) is 5.82 Å². The second-order valence-electron chi connectivity index (χ2n) is 5.10. The number of para-hydroxylation sites is 1. The van der Waals surface area contributed by atoms with E-state index in [2.05, 4.69) is 15.1 Å². The number of thiazole rings is 1. The van der Waals surface area contributed by atoms with Gasteiger partial charge in [0.05, 0.1) is 15.0 Å². The molecule has 4 aromatic rings. The van der Waals surface area contributed by atoms with Crippen molar-refractivity contribution in [2.24, 2.45) is 0 Å². The third kappa shape index (κ3) is 2.66. The van der Waals surface area contributed by atoms with Gasteiger partial charge in [-0.3, -0.25) is 19.9 Å². The number of nitro groups is 1. The van der Waals surface area contributed by atoms with Crippen LogP contribution in [-0.4, -0.2) is 24.5 Å². The second-order valence-corrected chi connectivity index (χ2v) is 6.11. The molecule has 0 saturated carbocycles. The molecule has 1 aromatic carbocycles. The SMILES string of the molecule is O=c1/c(=C/c2ccccc2[N+](=O)[O-])sc2nc(-c3ccncc3)nn12. The summed E-state index contributed by atoms with van der Waals surface area (Å²) in [4.78, 5) is 31.9. The smallest absolute Gasteiger partial charge is 0.266 e. The minimum absolute atomic E-state index is 0.0571. The number of pyridine rings is 1. The molecule has 9 heteroatoms. The highest BCUT2D eigenvalue weighted by Gasteiger charge is 2.14. The molecule has 8 nitrogen and oxygen atoms in total. The van der Waals surface area contributed by atoms with Crippen molar-refractivity contribution in [1.29, 1.82) is 0 Å². The molecule has 0 aliphatic heterocycles. The van der Waals surface area contributed by atoms with Crippen molar-refractivity contribution in [3.05, 3.63) is 79.4 Å². The van der Waals surface area contributed by atoms with E-state index in [-0.39, 0.29) is 11.2 Å². The molecule has 0 spiro atoms. The lowest BCUT2D eigenvalue weighted by Crippen LogP contribution is -2.23. The maximum absolute atomic E-state index is 12.5. The number of hydrogen-bond acceptors (Lipinski definition) is 7. The summed E-state index contributed by atoms with van der Waals surface area (Å²) in [6.07, 6.45) is 4.74. The average Bonchev–Trinajstić information content (AvgIpc) is 3.16. The minimum atomic E-state index is -0.477. The molecule has 0 amide bonds. The van der Waals surface area contributed by atoms with Crippen molar-refractivity contribution in [2.75, 3.05) is 0 Å². The zero-order valence-corrected chi connectivity index (χ0v) is 13.4. The van der Waals surface area contributed by atoms with E-state index in [9.17, 15) is 14.9 Å². The summed E-state index contributed by atoms with van der Waals surface area (Å²) in [7, 11) is 0. The van der Waals surface area contributed by atoms with Crippen molar-refractivity contribution < 1.29 is 4.92 Å². The van der Waals surface area contributed by atoms with E-state index in [4.69, 9.17) is 0 Å². The fourth-order valence-corrected chi connectivity index (χ4v) is 3.27. The minimum Gasteiger partial charge on any atom is -0.266 e. The fourth-order valence-electron chi connectivity index (χ4n) is 2.37. The normalized spacial score (nSPS) is 11.9. The molecular weight excluding hydrogens is 342 g/mol. The zero-order chi connectivity index (χ0) is 17.4. The first kappa shape index (κ1) is 15.1. The van der Waals surface area contributed by atoms with Crippen LogP contribution in [0.15, 0.2) is 53.6 Å². The Bertz CT molecular complexity index is 1200. The largest absolute Gasteiger partial charge is 0.291 e. The maximum atomic E-state index is 12.5. The third-order valence-electron chi connectivity index (χ3n) is 3.54. The van der Waals surface area contributed by atoms with Crippen molar-refractivity contribution in [2.45, 2.75) is 0 Å². The standard InChI is InChI=1S/C16H9N5O3S/c22-15-13(9-11-3-1-2-4-12(11)21(23)24)25-16-18-14(19-20(15)16)10-5-7-17-8-6-10/h1-9H/b13-9-. The van der Waals surface area contributed by atoms with E-state index in [1.807, 2.05) is 0 Å². The molecule has 0 bridgehead atoms. The maximum Gasteiger partial charge on any atom is 0.291 e. The summed E-state index contributed by atoms with van der Waals surface area (Å²) >= 11 is 1.14. The fraction of sp³-hybridized carbons (Fsp3) is 0. The number of rotatable bonds is 3. The molecule has 0 fully saturated rings. The number of aromatic nitrogens is 4. The van der Waals surface area contributed by atoms with Gasteiger partial charge in [0.25, 0.3) is 11.2 Å². The van der Waals surface area contributed by atoms with Crippen LogP contribution in [0.4, 0.5) is 5.69 Å². The van der Waals surface area contributed by atoms with Gasteiger partial charge in [-0.1, -0.05) is 23.5 Å². The van der Waals surface area contributed by atoms with Crippen LogP contribution in [0, 0.1) is 10.1 Å². The predicted molar refractivity (Wildman–Crippen MR) is 92.2 cm³/mol. The molecule has 0 radical (unpaired) electrons. The first-order chi connectivity index (χ1) is 12.1. The molecule has 0 N–H and O–H groups in total. The van der Waals surface area contributed by atoms with Crippen LogP contribution >= 0.6 is 11.3 Å². The Kier molecular flexibility index (Phi) is 3.55. The molecule has 3 heterocycles. The van der Waals surface area contributed by atoms with Crippen LogP contribution in [0.25, 0.3) is 22.4 Å². The molecule has 122 valence electrons. The number of nitrogens with zero attached hydrogens (tertiary/aromatic N) is 5. The molecule has 4 rings (SSSR count). The van der Waals surface area contributed by atoms with Gasteiger partial charge in [-0.25, -0.2) is 0 Å². The lowest BCUT2D eigenvalue weighted by atomic mass is 10.2. The average molecular weight is 351 g/mol. The van der Waals surface area contributed by atoms with Gasteiger partial charge in [-0.2, -0.15) is 9.50 Å². The quantitative estimate of drug-likeness (QED) is 0.411. The number of nitro benzene ring substituents is 1. The summed E-state index contributed by atoms with van der Waals surface area (Å²) in [6.45, 7) is 0. The van der Waals surface area contributed by atoms with E-state index >= 15 is 0 Å². The van der Waals surface area contributed by atoms with Crippen molar-refractivity contribution in [3.63, 3.8) is 0 Å². The Balaban J connectivity index is 1.86. The van der Waals surface area contributed by atoms with Gasteiger partial charge in [0.2, 0.25) is 4.96 Å². The number of fused-ring (bicyclic) bond motifs is 1. The van der Waals surface area contributed by atoms with E-state index in [1.165, 1.54) is 16.7 Å². The van der Waals surface area contributed by atoms with E-state index in [1.54, 1.807) is 42.7 Å². The number of hydrogen-bond donors (Lipinski definition) is 0. The highest BCUT2D eigenvalue weighted by molar-refractivity contribution is 7.15. The molecular formula is C16H9N5O3S. The Morgan fingerprint density at radius 3 is 2.64 bits per heavy atom. The monoisotopic (exact) mass is 351 g/mol. The van der Waals surface area contributed by atoms with Crippen LogP contribution < -0.4 is 10.1 Å². The first-order valence-corrected chi connectivity index (χ1v) is 8.00. The van der Waals surface area contributed by atoms with Gasteiger partial charge >= 0.3 is 0 Å². The zero-order valence-electron chi connectivity index (χ0n) is 12.6. The molecule has 0 aliphatic carbocycles. The Labute approximate surface area is 143 Å². The van der Waals surface area contributed by atoms with Gasteiger partial charge in [-0.05, 0) is 24.3 Å². The highest BCUT2D eigenvalue weighted by atomic mass is 32.1. The lowest BCUT2D eigenvalue weighted by molar-refractivity contribution is -0.385. The molecule has 0 saturated heterocycles. The predicted octanol–water partition coefficient (Wildman–Crippen LogP) is 1.67. The van der Waals surface area contributed by atoms with Gasteiger partial charge < -0.3 is 0 Å². The van der Waals surface area contributed by atoms with Crippen LogP contribution in [0.1, 0.15) is 5.56 Å². The van der Waals surface area contributed by atoms with Crippen LogP contribution in [0.2, 0.25) is 0 Å². The summed E-state index contributed by atoms with van der Waals surface area (Å²) < 4.78 is 1.55. The molecule has 0 atom stereocenters. The topological polar surface area (TPSA) is 103 Å². The van der Waals surface area contributed by atoms with Crippen LogP contribution in [0.5, 0.6) is 0 Å². The van der Waals surface area contributed by atoms with Gasteiger partial charge in [0, 0.05) is 24.0 Å². The molecule has 25 heavy (non-hydrogen) atoms. The third-order valence-corrected chi connectivity index (χ3v) is 4.50. The van der Waals surface area contributed by atoms with Crippen LogP contribution in [-0.2, 0) is 0 Å². The van der Waals surface area contributed by atoms with Crippen LogP contribution in [0.3, 0.4) is 0 Å². The Morgan fingerprint density at radius 2 is 1.92 bits per heavy atom. The van der Waals surface area contributed by atoms with Crippen molar-refractivity contribution in [3.8, 4) is 11.4 Å². The lowest BCUT2D eigenvalue weighted by Gasteiger charge is -1.94. The van der Waals surface area contributed by atoms with Gasteiger partial charge in [-0.15, -0.1) is 5.10 Å². The molecule has 0 unspecified atom stereocenters. The van der Waals surface area contributed by atoms with E-state index in [0.29, 0.717) is 20.9 Å². The van der Waals surface area contributed by atoms with Crippen molar-refractivity contribution >= 4 is 28.1 Å².